The number of halogens is 2. The monoisotopic (exact) mass is 271 g/mol. The van der Waals surface area contributed by atoms with Crippen LogP contribution in [0.3, 0.4) is 0 Å². The number of carbonyl (C=O) groups is 1. The van der Waals surface area contributed by atoms with Crippen LogP contribution in [0.5, 0.6) is 0 Å². The number of piperidine rings is 1. The summed E-state index contributed by atoms with van der Waals surface area (Å²) in [6.07, 6.45) is 2.97. The van der Waals surface area contributed by atoms with Crippen LogP contribution >= 0.6 is 23.2 Å². The lowest BCUT2D eigenvalue weighted by atomic mass is 9.98. The average Bonchev–Trinajstić information content (AvgIpc) is 2.35. The quantitative estimate of drug-likeness (QED) is 0.786. The molecule has 2 rings (SSSR count). The van der Waals surface area contributed by atoms with Gasteiger partial charge in [0, 0.05) is 22.5 Å². The molecule has 2 nitrogen and oxygen atoms in total. The summed E-state index contributed by atoms with van der Waals surface area (Å²) < 4.78 is 0. The minimum Gasteiger partial charge on any atom is -0.303 e. The van der Waals surface area contributed by atoms with Crippen LogP contribution in [0.2, 0.25) is 10.0 Å². The highest BCUT2D eigenvalue weighted by atomic mass is 35.5. The van der Waals surface area contributed by atoms with E-state index >= 15 is 0 Å². The largest absolute Gasteiger partial charge is 0.303 e. The van der Waals surface area contributed by atoms with Crippen molar-refractivity contribution in [2.75, 3.05) is 13.1 Å². The zero-order valence-electron chi connectivity index (χ0n) is 9.53. The molecule has 92 valence electrons. The first-order chi connectivity index (χ1) is 8.19. The molecule has 1 heterocycles. The second kappa shape index (κ2) is 5.85. The minimum atomic E-state index is 0.237. The summed E-state index contributed by atoms with van der Waals surface area (Å²) in [7, 11) is 0. The third-order valence-electron chi connectivity index (χ3n) is 3.23. The van der Waals surface area contributed by atoms with Gasteiger partial charge in [-0.05, 0) is 49.7 Å². The molecule has 0 unspecified atom stereocenters. The molecule has 0 bridgehead atoms. The second-order valence-corrected chi connectivity index (χ2v) is 5.33. The van der Waals surface area contributed by atoms with E-state index in [9.17, 15) is 4.79 Å². The maximum atomic E-state index is 10.7. The highest BCUT2D eigenvalue weighted by Crippen LogP contribution is 2.24. The van der Waals surface area contributed by atoms with Gasteiger partial charge in [0.2, 0.25) is 0 Å². The molecular formula is C13H15Cl2NO. The molecule has 0 saturated carbocycles. The first-order valence-electron chi connectivity index (χ1n) is 5.80. The molecular weight excluding hydrogens is 257 g/mol. The van der Waals surface area contributed by atoms with Crippen LogP contribution in [-0.4, -0.2) is 24.3 Å². The Morgan fingerprint density at radius 2 is 2.00 bits per heavy atom. The Kier molecular flexibility index (Phi) is 4.43. The average molecular weight is 272 g/mol. The summed E-state index contributed by atoms with van der Waals surface area (Å²) in [5.41, 5.74) is 1.06. The minimum absolute atomic E-state index is 0.237. The lowest BCUT2D eigenvalue weighted by Gasteiger charge is -2.29. The number of hydrogen-bond acceptors (Lipinski definition) is 2. The third kappa shape index (κ3) is 3.44. The Bertz CT molecular complexity index is 400. The van der Waals surface area contributed by atoms with Gasteiger partial charge in [-0.1, -0.05) is 23.2 Å². The van der Waals surface area contributed by atoms with Gasteiger partial charge in [-0.15, -0.1) is 0 Å². The van der Waals surface area contributed by atoms with E-state index in [-0.39, 0.29) is 5.92 Å². The van der Waals surface area contributed by atoms with Gasteiger partial charge in [-0.3, -0.25) is 4.90 Å². The molecule has 0 aliphatic carbocycles. The van der Waals surface area contributed by atoms with Crippen molar-refractivity contribution in [2.24, 2.45) is 5.92 Å². The molecule has 0 spiro atoms. The molecule has 1 fully saturated rings. The maximum absolute atomic E-state index is 10.7. The summed E-state index contributed by atoms with van der Waals surface area (Å²) in [6, 6.07) is 5.54. The zero-order valence-corrected chi connectivity index (χ0v) is 11.0. The van der Waals surface area contributed by atoms with E-state index < -0.39 is 0 Å². The topological polar surface area (TPSA) is 20.3 Å². The lowest BCUT2D eigenvalue weighted by Crippen LogP contribution is -2.33. The van der Waals surface area contributed by atoms with Crippen LogP contribution in [0.1, 0.15) is 18.4 Å². The standard InChI is InChI=1S/C13H15Cl2NO/c14-12-1-2-13(15)11(7-12)8-16-5-3-10(9-17)4-6-16/h1-2,7,9-10H,3-6,8H2. The molecule has 1 aromatic carbocycles. The molecule has 4 heteroatoms. The Balaban J connectivity index is 1.97. The molecule has 1 aliphatic heterocycles. The first-order valence-corrected chi connectivity index (χ1v) is 6.56. The van der Waals surface area contributed by atoms with E-state index in [4.69, 9.17) is 23.2 Å². The van der Waals surface area contributed by atoms with Crippen molar-refractivity contribution in [3.8, 4) is 0 Å². The van der Waals surface area contributed by atoms with Crippen LogP contribution in [-0.2, 0) is 11.3 Å². The lowest BCUT2D eigenvalue weighted by molar-refractivity contribution is -0.112. The SMILES string of the molecule is O=CC1CCN(Cc2cc(Cl)ccc2Cl)CC1. The van der Waals surface area contributed by atoms with Gasteiger partial charge < -0.3 is 4.79 Å². The van der Waals surface area contributed by atoms with Gasteiger partial charge in [0.25, 0.3) is 0 Å². The van der Waals surface area contributed by atoms with Crippen LogP contribution in [0, 0.1) is 5.92 Å². The van der Waals surface area contributed by atoms with Crippen molar-refractivity contribution in [3.05, 3.63) is 33.8 Å². The first kappa shape index (κ1) is 12.9. The number of benzene rings is 1. The van der Waals surface area contributed by atoms with Crippen LogP contribution in [0.25, 0.3) is 0 Å². The molecule has 0 amide bonds. The molecule has 1 saturated heterocycles. The Labute approximate surface area is 112 Å². The number of rotatable bonds is 3. The number of aldehydes is 1. The molecule has 0 aromatic heterocycles. The molecule has 0 N–H and O–H groups in total. The van der Waals surface area contributed by atoms with Gasteiger partial charge in [-0.25, -0.2) is 0 Å². The van der Waals surface area contributed by atoms with E-state index in [1.807, 2.05) is 12.1 Å². The Morgan fingerprint density at radius 1 is 1.29 bits per heavy atom. The fourth-order valence-electron chi connectivity index (χ4n) is 2.15. The predicted molar refractivity (Wildman–Crippen MR) is 70.5 cm³/mol. The van der Waals surface area contributed by atoms with Crippen molar-refractivity contribution in [3.63, 3.8) is 0 Å². The van der Waals surface area contributed by atoms with E-state index in [0.29, 0.717) is 5.02 Å². The number of carbonyl (C=O) groups excluding carboxylic acids is 1. The highest BCUT2D eigenvalue weighted by Gasteiger charge is 2.19. The third-order valence-corrected chi connectivity index (χ3v) is 3.83. The van der Waals surface area contributed by atoms with E-state index in [0.717, 1.165) is 49.3 Å². The summed E-state index contributed by atoms with van der Waals surface area (Å²) in [6.45, 7) is 2.71. The molecule has 17 heavy (non-hydrogen) atoms. The van der Waals surface area contributed by atoms with Crippen molar-refractivity contribution in [2.45, 2.75) is 19.4 Å². The predicted octanol–water partition coefficient (Wildman–Crippen LogP) is 3.40. The summed E-state index contributed by atoms with van der Waals surface area (Å²) in [4.78, 5) is 13.0. The highest BCUT2D eigenvalue weighted by molar-refractivity contribution is 6.33. The second-order valence-electron chi connectivity index (χ2n) is 4.49. The fraction of sp³-hybridized carbons (Fsp3) is 0.462. The maximum Gasteiger partial charge on any atom is 0.123 e. The Hall–Kier alpha value is -0.570. The molecule has 0 atom stereocenters. The number of hydrogen-bond donors (Lipinski definition) is 0. The summed E-state index contributed by atoms with van der Waals surface area (Å²) in [5, 5.41) is 1.47. The molecule has 1 aromatic rings. The molecule has 1 aliphatic rings. The van der Waals surface area contributed by atoms with E-state index in [1.165, 1.54) is 0 Å². The summed E-state index contributed by atoms with van der Waals surface area (Å²) in [5.74, 6) is 0.237. The van der Waals surface area contributed by atoms with Crippen molar-refractivity contribution in [1.82, 2.24) is 4.90 Å². The number of nitrogens with zero attached hydrogens (tertiary/aromatic N) is 1. The zero-order chi connectivity index (χ0) is 12.3. The van der Waals surface area contributed by atoms with Crippen molar-refractivity contribution in [1.29, 1.82) is 0 Å². The van der Waals surface area contributed by atoms with Crippen LogP contribution in [0.4, 0.5) is 0 Å². The Morgan fingerprint density at radius 3 is 2.65 bits per heavy atom. The molecule has 0 radical (unpaired) electrons. The van der Waals surface area contributed by atoms with E-state index in [1.54, 1.807) is 6.07 Å². The van der Waals surface area contributed by atoms with E-state index in [2.05, 4.69) is 4.90 Å². The summed E-state index contributed by atoms with van der Waals surface area (Å²) >= 11 is 12.1. The van der Waals surface area contributed by atoms with Gasteiger partial charge in [0.15, 0.2) is 0 Å². The van der Waals surface area contributed by atoms with Gasteiger partial charge in [0.05, 0.1) is 0 Å². The van der Waals surface area contributed by atoms with Gasteiger partial charge in [-0.2, -0.15) is 0 Å². The van der Waals surface area contributed by atoms with Crippen LogP contribution < -0.4 is 0 Å². The normalized spacial score (nSPS) is 18.2. The smallest absolute Gasteiger partial charge is 0.123 e. The number of likely N-dealkylation sites (tertiary alicyclic amines) is 1. The van der Waals surface area contributed by atoms with Crippen molar-refractivity contribution >= 4 is 29.5 Å². The van der Waals surface area contributed by atoms with Crippen LogP contribution in [0.15, 0.2) is 18.2 Å². The fourth-order valence-corrected chi connectivity index (χ4v) is 2.52. The van der Waals surface area contributed by atoms with Gasteiger partial charge in [0.1, 0.15) is 6.29 Å². The van der Waals surface area contributed by atoms with Crippen molar-refractivity contribution < 1.29 is 4.79 Å². The van der Waals surface area contributed by atoms with Gasteiger partial charge >= 0.3 is 0 Å².